The number of amides is 2. The molecular weight excluding hydrogens is 297 g/mol. The van der Waals surface area contributed by atoms with Crippen molar-refractivity contribution in [2.24, 2.45) is 0 Å². The Morgan fingerprint density at radius 3 is 2.48 bits per heavy atom. The molecule has 1 rings (SSSR count). The number of alkyl halides is 3. The van der Waals surface area contributed by atoms with Crippen LogP contribution >= 0.6 is 0 Å². The van der Waals surface area contributed by atoms with Gasteiger partial charge in [0.05, 0.1) is 25.4 Å². The third kappa shape index (κ3) is 5.76. The van der Waals surface area contributed by atoms with Gasteiger partial charge in [-0.15, -0.1) is 0 Å². The summed E-state index contributed by atoms with van der Waals surface area (Å²) in [5.41, 5.74) is 0. The minimum Gasteiger partial charge on any atom is -0.480 e. The summed E-state index contributed by atoms with van der Waals surface area (Å²) in [5.74, 6) is -1.53. The molecule has 1 heterocycles. The van der Waals surface area contributed by atoms with E-state index in [1.54, 1.807) is 6.92 Å². The molecule has 0 saturated carbocycles. The fourth-order valence-corrected chi connectivity index (χ4v) is 2.07. The number of aliphatic carboxylic acids is 1. The molecule has 1 saturated heterocycles. The molecule has 0 aromatic carbocycles. The topological polar surface area (TPSA) is 90.3 Å². The number of aliphatic hydroxyl groups excluding tert-OH is 1. The Bertz CT molecular complexity index is 391. The Morgan fingerprint density at radius 2 is 2.00 bits per heavy atom. The van der Waals surface area contributed by atoms with E-state index in [-0.39, 0.29) is 24.6 Å². The number of nitrogens with zero attached hydrogens (tertiary/aromatic N) is 2. The summed E-state index contributed by atoms with van der Waals surface area (Å²) in [6.45, 7) is -1.53. The molecule has 2 unspecified atom stereocenters. The zero-order valence-corrected chi connectivity index (χ0v) is 11.3. The molecule has 1 aliphatic rings. The van der Waals surface area contributed by atoms with Gasteiger partial charge in [0.2, 0.25) is 0 Å². The second-order valence-electron chi connectivity index (χ2n) is 4.80. The summed E-state index contributed by atoms with van der Waals surface area (Å²) in [5, 5.41) is 17.7. The van der Waals surface area contributed by atoms with E-state index in [9.17, 15) is 22.8 Å². The fourth-order valence-electron chi connectivity index (χ4n) is 2.07. The number of ether oxygens (including phenoxy) is 1. The van der Waals surface area contributed by atoms with Crippen LogP contribution in [-0.2, 0) is 9.53 Å². The van der Waals surface area contributed by atoms with Crippen LogP contribution in [0.4, 0.5) is 18.0 Å². The monoisotopic (exact) mass is 314 g/mol. The minimum absolute atomic E-state index is 0.0311. The highest BCUT2D eigenvalue weighted by molar-refractivity contribution is 5.80. The van der Waals surface area contributed by atoms with Gasteiger partial charge in [0, 0.05) is 6.54 Å². The van der Waals surface area contributed by atoms with Crippen LogP contribution in [0.25, 0.3) is 0 Å². The van der Waals surface area contributed by atoms with Gasteiger partial charge < -0.3 is 24.7 Å². The number of carboxylic acids is 1. The van der Waals surface area contributed by atoms with Crippen molar-refractivity contribution >= 4 is 12.0 Å². The number of hydrogen-bond donors (Lipinski definition) is 2. The lowest BCUT2D eigenvalue weighted by molar-refractivity contribution is -0.151. The Hall–Kier alpha value is -1.55. The summed E-state index contributed by atoms with van der Waals surface area (Å²) < 4.78 is 42.6. The van der Waals surface area contributed by atoms with Crippen molar-refractivity contribution in [1.82, 2.24) is 9.80 Å². The molecule has 0 spiro atoms. The van der Waals surface area contributed by atoms with Crippen LogP contribution < -0.4 is 0 Å². The Balaban J connectivity index is 2.80. The number of halogens is 3. The van der Waals surface area contributed by atoms with Gasteiger partial charge in [-0.25, -0.2) is 4.79 Å². The van der Waals surface area contributed by atoms with Crippen LogP contribution in [0.15, 0.2) is 0 Å². The Morgan fingerprint density at radius 1 is 1.38 bits per heavy atom. The fraction of sp³-hybridized carbons (Fsp3) is 0.818. The van der Waals surface area contributed by atoms with Crippen LogP contribution in [0.1, 0.15) is 6.92 Å². The van der Waals surface area contributed by atoms with E-state index in [1.807, 2.05) is 0 Å². The Kier molecular flexibility index (Phi) is 5.78. The predicted octanol–water partition coefficient (Wildman–Crippen LogP) is 0.137. The van der Waals surface area contributed by atoms with E-state index in [0.29, 0.717) is 0 Å². The third-order valence-electron chi connectivity index (χ3n) is 2.77. The quantitative estimate of drug-likeness (QED) is 0.770. The molecular formula is C11H17F3N2O5. The molecule has 0 radical (unpaired) electrons. The van der Waals surface area contributed by atoms with Crippen molar-refractivity contribution in [3.8, 4) is 0 Å². The standard InChI is InChI=1S/C11H17F3N2O5/c1-7-2-15(3-8(5-17)21-7)10(20)16(4-9(18)19)6-11(12,13)14/h7-8,17H,2-6H2,1H3,(H,18,19). The van der Waals surface area contributed by atoms with E-state index in [0.717, 1.165) is 4.90 Å². The SMILES string of the molecule is CC1CN(C(=O)N(CC(=O)O)CC(F)(F)F)CC(CO)O1. The highest BCUT2D eigenvalue weighted by atomic mass is 19.4. The number of carbonyl (C=O) groups is 2. The first-order valence-corrected chi connectivity index (χ1v) is 6.21. The number of morpholine rings is 1. The zero-order chi connectivity index (χ0) is 16.2. The maximum Gasteiger partial charge on any atom is 0.406 e. The van der Waals surface area contributed by atoms with Crippen molar-refractivity contribution in [2.75, 3.05) is 32.8 Å². The van der Waals surface area contributed by atoms with Crippen molar-refractivity contribution in [3.05, 3.63) is 0 Å². The lowest BCUT2D eigenvalue weighted by Gasteiger charge is -2.38. The minimum atomic E-state index is -4.70. The van der Waals surface area contributed by atoms with Gasteiger partial charge in [-0.3, -0.25) is 4.79 Å². The van der Waals surface area contributed by atoms with Gasteiger partial charge in [0.25, 0.3) is 0 Å². The molecule has 7 nitrogen and oxygen atoms in total. The molecule has 1 aliphatic heterocycles. The van der Waals surface area contributed by atoms with Crippen LogP contribution in [0.5, 0.6) is 0 Å². The number of rotatable bonds is 4. The second-order valence-corrected chi connectivity index (χ2v) is 4.80. The van der Waals surface area contributed by atoms with Gasteiger partial charge in [-0.05, 0) is 6.92 Å². The summed E-state index contributed by atoms with van der Waals surface area (Å²) in [4.78, 5) is 24.0. The molecule has 122 valence electrons. The molecule has 0 aromatic heterocycles. The first-order valence-electron chi connectivity index (χ1n) is 6.21. The largest absolute Gasteiger partial charge is 0.480 e. The van der Waals surface area contributed by atoms with E-state index in [4.69, 9.17) is 14.9 Å². The van der Waals surface area contributed by atoms with Crippen LogP contribution in [0.2, 0.25) is 0 Å². The highest BCUT2D eigenvalue weighted by Crippen LogP contribution is 2.19. The third-order valence-corrected chi connectivity index (χ3v) is 2.77. The average molecular weight is 314 g/mol. The van der Waals surface area contributed by atoms with Gasteiger partial charge in [-0.2, -0.15) is 13.2 Å². The summed E-state index contributed by atoms with van der Waals surface area (Å²) in [6.07, 6.45) is -5.85. The molecule has 0 aliphatic carbocycles. The number of carbonyl (C=O) groups excluding carboxylic acids is 1. The van der Waals surface area contributed by atoms with Crippen LogP contribution in [0, 0.1) is 0 Å². The van der Waals surface area contributed by atoms with Crippen molar-refractivity contribution < 1.29 is 37.7 Å². The van der Waals surface area contributed by atoms with Gasteiger partial charge in [0.15, 0.2) is 0 Å². The molecule has 0 aromatic rings. The maximum atomic E-state index is 12.4. The number of hydrogen-bond acceptors (Lipinski definition) is 4. The maximum absolute atomic E-state index is 12.4. The van der Waals surface area contributed by atoms with E-state index < -0.39 is 43.5 Å². The lowest BCUT2D eigenvalue weighted by Crippen LogP contribution is -2.56. The molecule has 1 fully saturated rings. The summed E-state index contributed by atoms with van der Waals surface area (Å²) in [6, 6.07) is -1.04. The normalized spacial score (nSPS) is 23.0. The van der Waals surface area contributed by atoms with E-state index >= 15 is 0 Å². The molecule has 2 N–H and O–H groups in total. The number of carboxylic acid groups (broad SMARTS) is 1. The molecule has 0 bridgehead atoms. The van der Waals surface area contributed by atoms with Crippen molar-refractivity contribution in [2.45, 2.75) is 25.3 Å². The van der Waals surface area contributed by atoms with Crippen LogP contribution in [0.3, 0.4) is 0 Å². The zero-order valence-electron chi connectivity index (χ0n) is 11.3. The molecule has 10 heteroatoms. The Labute approximate surface area is 118 Å². The predicted molar refractivity (Wildman–Crippen MR) is 63.7 cm³/mol. The smallest absolute Gasteiger partial charge is 0.406 e. The second kappa shape index (κ2) is 6.94. The molecule has 21 heavy (non-hydrogen) atoms. The number of urea groups is 1. The van der Waals surface area contributed by atoms with Crippen LogP contribution in [-0.4, -0.2) is 83.2 Å². The first kappa shape index (κ1) is 17.5. The molecule has 2 atom stereocenters. The average Bonchev–Trinajstić information content (AvgIpc) is 2.34. The van der Waals surface area contributed by atoms with Gasteiger partial charge >= 0.3 is 18.2 Å². The van der Waals surface area contributed by atoms with Gasteiger partial charge in [0.1, 0.15) is 13.1 Å². The summed E-state index contributed by atoms with van der Waals surface area (Å²) >= 11 is 0. The van der Waals surface area contributed by atoms with Crippen molar-refractivity contribution in [3.63, 3.8) is 0 Å². The van der Waals surface area contributed by atoms with Gasteiger partial charge in [-0.1, -0.05) is 0 Å². The number of aliphatic hydroxyl groups is 1. The lowest BCUT2D eigenvalue weighted by atomic mass is 10.2. The van der Waals surface area contributed by atoms with E-state index in [1.165, 1.54) is 0 Å². The first-order chi connectivity index (χ1) is 9.62. The van der Waals surface area contributed by atoms with E-state index in [2.05, 4.69) is 0 Å². The highest BCUT2D eigenvalue weighted by Gasteiger charge is 2.37. The van der Waals surface area contributed by atoms with Crippen molar-refractivity contribution in [1.29, 1.82) is 0 Å². The molecule has 2 amide bonds. The summed E-state index contributed by atoms with van der Waals surface area (Å²) in [7, 11) is 0.